The first-order valence-corrected chi connectivity index (χ1v) is 9.40. The Labute approximate surface area is 143 Å². The molecule has 3 unspecified atom stereocenters. The number of nitrogens with one attached hydrogen (secondary N) is 1. The molecule has 0 aromatic carbocycles. The number of nitrogens with zero attached hydrogens (tertiary/aromatic N) is 1. The number of likely N-dealkylation sites (tertiary alicyclic amines) is 1. The lowest BCUT2D eigenvalue weighted by Gasteiger charge is -2.32. The highest BCUT2D eigenvalue weighted by Crippen LogP contribution is 2.35. The van der Waals surface area contributed by atoms with Crippen molar-refractivity contribution >= 4 is 17.2 Å². The summed E-state index contributed by atoms with van der Waals surface area (Å²) in [5.74, 6) is 0.0795. The van der Waals surface area contributed by atoms with Crippen LogP contribution in [0.2, 0.25) is 0 Å². The molecule has 5 heteroatoms. The summed E-state index contributed by atoms with van der Waals surface area (Å²) in [6.45, 7) is 9.67. The normalized spacial score (nSPS) is 22.0. The molecule has 0 aliphatic carbocycles. The second-order valence-corrected chi connectivity index (χ2v) is 8.71. The number of hydrogen-bond donors (Lipinski definition) is 2. The third-order valence-electron chi connectivity index (χ3n) is 4.46. The lowest BCUT2D eigenvalue weighted by molar-refractivity contribution is -0.124. The summed E-state index contributed by atoms with van der Waals surface area (Å²) in [6, 6.07) is 4.49. The average Bonchev–Trinajstić information content (AvgIpc) is 3.06. The van der Waals surface area contributed by atoms with Gasteiger partial charge in [0.25, 0.3) is 0 Å². The summed E-state index contributed by atoms with van der Waals surface area (Å²) in [7, 11) is 0. The van der Waals surface area contributed by atoms with Crippen LogP contribution in [0.3, 0.4) is 0 Å². The average molecular weight is 339 g/mol. The van der Waals surface area contributed by atoms with Crippen LogP contribution in [0.25, 0.3) is 0 Å². The summed E-state index contributed by atoms with van der Waals surface area (Å²) in [6.07, 6.45) is 2.63. The Kier molecular flexibility index (Phi) is 6.23. The Morgan fingerprint density at radius 2 is 2.26 bits per heavy atom. The minimum Gasteiger partial charge on any atom is -0.393 e. The van der Waals surface area contributed by atoms with E-state index in [4.69, 9.17) is 0 Å². The molecule has 1 aliphatic rings. The van der Waals surface area contributed by atoms with Crippen molar-refractivity contribution in [2.75, 3.05) is 13.1 Å². The largest absolute Gasteiger partial charge is 0.393 e. The van der Waals surface area contributed by atoms with E-state index < -0.39 is 0 Å². The molecule has 2 heterocycles. The molecule has 23 heavy (non-hydrogen) atoms. The molecule has 2 N–H and O–H groups in total. The van der Waals surface area contributed by atoms with Crippen molar-refractivity contribution in [1.82, 2.24) is 10.2 Å². The monoisotopic (exact) mass is 338 g/mol. The lowest BCUT2D eigenvalue weighted by Crippen LogP contribution is -2.44. The van der Waals surface area contributed by atoms with Crippen LogP contribution in [0.15, 0.2) is 17.5 Å². The summed E-state index contributed by atoms with van der Waals surface area (Å²) in [5, 5.41) is 14.9. The fourth-order valence-corrected chi connectivity index (χ4v) is 4.34. The van der Waals surface area contributed by atoms with E-state index in [9.17, 15) is 9.90 Å². The van der Waals surface area contributed by atoms with E-state index in [0.29, 0.717) is 12.6 Å². The highest BCUT2D eigenvalue weighted by Gasteiger charge is 2.31. The fraction of sp³-hybridized carbons (Fsp3) is 0.722. The molecule has 1 aromatic heterocycles. The topological polar surface area (TPSA) is 52.6 Å². The SMILES string of the molecule is CC(O)CC1CCCN1CC(=O)NC(c1cccs1)C(C)(C)C. The second kappa shape index (κ2) is 7.77. The van der Waals surface area contributed by atoms with Crippen LogP contribution in [-0.4, -0.2) is 41.1 Å². The first-order chi connectivity index (χ1) is 10.8. The Balaban J connectivity index is 1.97. The molecule has 1 amide bonds. The third kappa shape index (κ3) is 5.30. The summed E-state index contributed by atoms with van der Waals surface area (Å²) >= 11 is 1.69. The van der Waals surface area contributed by atoms with Crippen LogP contribution in [-0.2, 0) is 4.79 Å². The zero-order valence-electron chi connectivity index (χ0n) is 14.7. The molecule has 1 saturated heterocycles. The molecule has 1 fully saturated rings. The van der Waals surface area contributed by atoms with Crippen LogP contribution in [0.1, 0.15) is 57.9 Å². The van der Waals surface area contributed by atoms with Gasteiger partial charge >= 0.3 is 0 Å². The van der Waals surface area contributed by atoms with Gasteiger partial charge in [0.2, 0.25) is 5.91 Å². The zero-order valence-corrected chi connectivity index (χ0v) is 15.5. The van der Waals surface area contributed by atoms with Crippen molar-refractivity contribution in [3.63, 3.8) is 0 Å². The van der Waals surface area contributed by atoms with E-state index in [1.165, 1.54) is 4.88 Å². The van der Waals surface area contributed by atoms with Crippen molar-refractivity contribution in [3.8, 4) is 0 Å². The minimum atomic E-state index is -0.308. The maximum Gasteiger partial charge on any atom is 0.234 e. The first-order valence-electron chi connectivity index (χ1n) is 8.52. The smallest absolute Gasteiger partial charge is 0.234 e. The van der Waals surface area contributed by atoms with Gasteiger partial charge in [-0.05, 0) is 49.6 Å². The molecule has 2 rings (SSSR count). The van der Waals surface area contributed by atoms with Gasteiger partial charge in [0, 0.05) is 10.9 Å². The number of carbonyl (C=O) groups is 1. The van der Waals surface area contributed by atoms with Crippen LogP contribution < -0.4 is 5.32 Å². The van der Waals surface area contributed by atoms with Gasteiger partial charge in [-0.15, -0.1) is 11.3 Å². The predicted octanol–water partition coefficient (Wildman–Crippen LogP) is 3.19. The fourth-order valence-electron chi connectivity index (χ4n) is 3.33. The molecule has 1 aliphatic heterocycles. The summed E-state index contributed by atoms with van der Waals surface area (Å²) in [5.41, 5.74) is -0.0233. The first kappa shape index (κ1) is 18.4. The van der Waals surface area contributed by atoms with Gasteiger partial charge in [-0.25, -0.2) is 0 Å². The highest BCUT2D eigenvalue weighted by molar-refractivity contribution is 7.10. The van der Waals surface area contributed by atoms with E-state index in [-0.39, 0.29) is 23.5 Å². The number of hydrogen-bond acceptors (Lipinski definition) is 4. The van der Waals surface area contributed by atoms with E-state index in [2.05, 4.69) is 42.4 Å². The molecule has 0 bridgehead atoms. The maximum absolute atomic E-state index is 12.6. The van der Waals surface area contributed by atoms with Crippen molar-refractivity contribution in [3.05, 3.63) is 22.4 Å². The van der Waals surface area contributed by atoms with Gasteiger partial charge in [0.15, 0.2) is 0 Å². The van der Waals surface area contributed by atoms with Crippen LogP contribution >= 0.6 is 11.3 Å². The summed E-state index contributed by atoms with van der Waals surface area (Å²) in [4.78, 5) is 16.0. The molecule has 3 atom stereocenters. The summed E-state index contributed by atoms with van der Waals surface area (Å²) < 4.78 is 0. The molecule has 0 spiro atoms. The molecular weight excluding hydrogens is 308 g/mol. The number of aliphatic hydroxyl groups excluding tert-OH is 1. The van der Waals surface area contributed by atoms with Gasteiger partial charge in [-0.1, -0.05) is 26.8 Å². The van der Waals surface area contributed by atoms with Gasteiger partial charge in [0.1, 0.15) is 0 Å². The maximum atomic E-state index is 12.6. The quantitative estimate of drug-likeness (QED) is 0.837. The van der Waals surface area contributed by atoms with E-state index >= 15 is 0 Å². The zero-order chi connectivity index (χ0) is 17.0. The van der Waals surface area contributed by atoms with Crippen LogP contribution in [0, 0.1) is 5.41 Å². The standard InChI is InChI=1S/C18H30N2O2S/c1-13(21)11-14-7-5-9-20(14)12-16(22)19-17(18(2,3)4)15-8-6-10-23-15/h6,8,10,13-14,17,21H,5,7,9,11-12H2,1-4H3,(H,19,22). The Hall–Kier alpha value is -0.910. The van der Waals surface area contributed by atoms with Gasteiger partial charge in [-0.3, -0.25) is 9.69 Å². The van der Waals surface area contributed by atoms with Gasteiger partial charge in [0.05, 0.1) is 18.7 Å². The van der Waals surface area contributed by atoms with E-state index in [1.54, 1.807) is 11.3 Å². The number of carbonyl (C=O) groups excluding carboxylic acids is 1. The van der Waals surface area contributed by atoms with E-state index in [1.807, 2.05) is 13.0 Å². The number of thiophene rings is 1. The molecule has 1 aromatic rings. The van der Waals surface area contributed by atoms with Gasteiger partial charge in [-0.2, -0.15) is 0 Å². The molecule has 4 nitrogen and oxygen atoms in total. The van der Waals surface area contributed by atoms with Crippen LogP contribution in [0.4, 0.5) is 0 Å². The van der Waals surface area contributed by atoms with Crippen molar-refractivity contribution < 1.29 is 9.90 Å². The van der Waals surface area contributed by atoms with E-state index in [0.717, 1.165) is 25.8 Å². The van der Waals surface area contributed by atoms with Gasteiger partial charge < -0.3 is 10.4 Å². The Morgan fingerprint density at radius 1 is 1.52 bits per heavy atom. The predicted molar refractivity (Wildman–Crippen MR) is 95.6 cm³/mol. The van der Waals surface area contributed by atoms with Crippen molar-refractivity contribution in [2.24, 2.45) is 5.41 Å². The minimum absolute atomic E-state index is 0.0233. The number of rotatable bonds is 6. The molecule has 130 valence electrons. The third-order valence-corrected chi connectivity index (χ3v) is 5.40. The lowest BCUT2D eigenvalue weighted by atomic mass is 9.85. The molecule has 0 saturated carbocycles. The second-order valence-electron chi connectivity index (χ2n) is 7.73. The van der Waals surface area contributed by atoms with Crippen molar-refractivity contribution in [2.45, 2.75) is 65.1 Å². The Morgan fingerprint density at radius 3 is 2.83 bits per heavy atom. The van der Waals surface area contributed by atoms with Crippen molar-refractivity contribution in [1.29, 1.82) is 0 Å². The highest BCUT2D eigenvalue weighted by atomic mass is 32.1. The molecular formula is C18H30N2O2S. The number of aliphatic hydroxyl groups is 1. The molecule has 0 radical (unpaired) electrons. The van der Waals surface area contributed by atoms with Crippen LogP contribution in [0.5, 0.6) is 0 Å². The number of amides is 1. The Bertz CT molecular complexity index is 494.